The lowest BCUT2D eigenvalue weighted by atomic mass is 9.51. The average Bonchev–Trinajstić information content (AvgIpc) is 3.69. The molecule has 7 aliphatic carbocycles. The van der Waals surface area contributed by atoms with Gasteiger partial charge < -0.3 is 20.7 Å². The molecule has 2 amide bonds. The Morgan fingerprint density at radius 1 is 0.895 bits per heavy atom. The number of rotatable bonds is 7. The number of nitrogens with two attached hydrogens (primary N) is 2. The lowest BCUT2D eigenvalue weighted by molar-refractivity contribution is -0.134. The van der Waals surface area contributed by atoms with Gasteiger partial charge in [0.1, 0.15) is 0 Å². The van der Waals surface area contributed by atoms with Gasteiger partial charge in [0.15, 0.2) is 17.8 Å². The molecule has 4 bridgehead atoms. The molecule has 7 fully saturated rings. The molecule has 2 aromatic heterocycles. The smallest absolute Gasteiger partial charge is 0.405 e. The number of primary amides is 2. The Morgan fingerprint density at radius 2 is 1.53 bits per heavy atom. The molecule has 0 spiro atoms. The second-order valence-electron chi connectivity index (χ2n) is 12.9. The van der Waals surface area contributed by atoms with Crippen LogP contribution in [-0.4, -0.2) is 32.1 Å². The maximum absolute atomic E-state index is 12.1. The summed E-state index contributed by atoms with van der Waals surface area (Å²) >= 11 is 0. The second-order valence-corrected chi connectivity index (χ2v) is 12.9. The van der Waals surface area contributed by atoms with E-state index in [9.17, 15) is 9.59 Å². The molecule has 2 aromatic rings. The van der Waals surface area contributed by atoms with Crippen molar-refractivity contribution in [1.82, 2.24) is 20.1 Å². The molecule has 7 saturated carbocycles. The zero-order valence-corrected chi connectivity index (χ0v) is 21.8. The zero-order valence-electron chi connectivity index (χ0n) is 21.8. The van der Waals surface area contributed by atoms with Crippen LogP contribution in [0.4, 0.5) is 4.79 Å². The minimum atomic E-state index is -0.800. The van der Waals surface area contributed by atoms with Crippen LogP contribution < -0.4 is 11.5 Å². The summed E-state index contributed by atoms with van der Waals surface area (Å²) < 4.78 is 11.6. The maximum Gasteiger partial charge on any atom is 0.405 e. The molecule has 1 unspecified atom stereocenters. The Kier molecular flexibility index (Phi) is 5.20. The number of amides is 2. The minimum Gasteiger partial charge on any atom is -0.438 e. The van der Waals surface area contributed by atoms with Crippen molar-refractivity contribution in [2.24, 2.45) is 22.3 Å². The van der Waals surface area contributed by atoms with Crippen LogP contribution in [0, 0.1) is 10.8 Å². The summed E-state index contributed by atoms with van der Waals surface area (Å²) in [7, 11) is 0. The van der Waals surface area contributed by atoms with Crippen molar-refractivity contribution in [1.29, 1.82) is 0 Å². The predicted octanol–water partition coefficient (Wildman–Crippen LogP) is 4.24. The lowest BCUT2D eigenvalue weighted by Gasteiger charge is -2.54. The molecule has 9 rings (SSSR count). The first-order valence-electron chi connectivity index (χ1n) is 14.2. The molecule has 4 N–H and O–H groups in total. The summed E-state index contributed by atoms with van der Waals surface area (Å²) in [4.78, 5) is 38.8. The quantitative estimate of drug-likeness (QED) is 0.548. The third-order valence-electron chi connectivity index (χ3n) is 11.2. The van der Waals surface area contributed by atoms with Crippen molar-refractivity contribution < 1.29 is 18.8 Å². The zero-order chi connectivity index (χ0) is 26.2. The van der Waals surface area contributed by atoms with Crippen LogP contribution in [0.1, 0.15) is 125 Å². The van der Waals surface area contributed by atoms with Gasteiger partial charge in [-0.15, -0.1) is 0 Å². The molecule has 7 aliphatic rings. The summed E-state index contributed by atoms with van der Waals surface area (Å²) in [5.74, 6) is 2.47. The van der Waals surface area contributed by atoms with E-state index >= 15 is 0 Å². The van der Waals surface area contributed by atoms with E-state index in [1.165, 1.54) is 0 Å². The largest absolute Gasteiger partial charge is 0.438 e. The molecule has 10 heteroatoms. The van der Waals surface area contributed by atoms with Crippen LogP contribution in [-0.2, 0) is 20.4 Å². The van der Waals surface area contributed by atoms with Gasteiger partial charge in [-0.2, -0.15) is 4.98 Å². The van der Waals surface area contributed by atoms with Crippen molar-refractivity contribution in [2.75, 3.05) is 0 Å². The fraction of sp³-hybridized carbons (Fsp3) is 0.714. The normalized spacial score (nSPS) is 36.6. The van der Waals surface area contributed by atoms with E-state index in [1.54, 1.807) is 6.20 Å². The van der Waals surface area contributed by atoms with Crippen LogP contribution >= 0.6 is 0 Å². The Bertz CT molecular complexity index is 1240. The number of carbonyl (C=O) groups excluding carboxylic acids is 2. The van der Waals surface area contributed by atoms with Crippen LogP contribution in [0.3, 0.4) is 0 Å². The van der Waals surface area contributed by atoms with Crippen molar-refractivity contribution in [3.63, 3.8) is 0 Å². The molecule has 202 valence electrons. The summed E-state index contributed by atoms with van der Waals surface area (Å²) in [6.07, 6.45) is 13.0. The SMILES string of the molecule is NC(=O)OC(c1nccc(C23CCC(C(N)=O)(CC2)CC3)n1)C12CCC(c3nc(C4CC4)no3)(CC1)CC2. The highest BCUT2D eigenvalue weighted by molar-refractivity contribution is 5.81. The van der Waals surface area contributed by atoms with Gasteiger partial charge in [0.25, 0.3) is 0 Å². The average molecular weight is 521 g/mol. The molecule has 10 nitrogen and oxygen atoms in total. The molecule has 2 heterocycles. The topological polar surface area (TPSA) is 160 Å². The van der Waals surface area contributed by atoms with Crippen molar-refractivity contribution >= 4 is 12.0 Å². The van der Waals surface area contributed by atoms with E-state index < -0.39 is 12.2 Å². The highest BCUT2D eigenvalue weighted by Gasteiger charge is 2.58. The Hall–Kier alpha value is -3.04. The standard InChI is InChI=1S/C28H36N6O4/c29-22(35)27-10-4-25(5-11-27,6-12-27)18-3-16-31-21(32-18)19(37-24(30)36)26-7-13-28(14-8-26,15-9-26)23-33-20(34-38-23)17-1-2-17/h3,16-17,19H,1-2,4-15H2,(H2,29,35)(H2,30,36). The van der Waals surface area contributed by atoms with Crippen molar-refractivity contribution in [3.8, 4) is 0 Å². The lowest BCUT2D eigenvalue weighted by Crippen LogP contribution is -2.51. The van der Waals surface area contributed by atoms with Crippen LogP contribution in [0.5, 0.6) is 0 Å². The van der Waals surface area contributed by atoms with Crippen LogP contribution in [0.25, 0.3) is 0 Å². The first-order chi connectivity index (χ1) is 18.3. The molecule has 0 radical (unpaired) electrons. The third-order valence-corrected chi connectivity index (χ3v) is 11.2. The van der Waals surface area contributed by atoms with Crippen molar-refractivity contribution in [3.05, 3.63) is 35.5 Å². The summed E-state index contributed by atoms with van der Waals surface area (Å²) in [6.45, 7) is 0. The minimum absolute atomic E-state index is 0.0880. The summed E-state index contributed by atoms with van der Waals surface area (Å²) in [6, 6.07) is 1.99. The van der Waals surface area contributed by atoms with E-state index in [0.29, 0.717) is 11.7 Å². The van der Waals surface area contributed by atoms with Gasteiger partial charge in [-0.25, -0.2) is 14.8 Å². The van der Waals surface area contributed by atoms with E-state index in [1.807, 2.05) is 6.07 Å². The highest BCUT2D eigenvalue weighted by atomic mass is 16.6. The number of nitrogens with zero attached hydrogens (tertiary/aromatic N) is 4. The van der Waals surface area contributed by atoms with E-state index in [-0.39, 0.29) is 27.6 Å². The van der Waals surface area contributed by atoms with Crippen LogP contribution in [0.15, 0.2) is 16.8 Å². The first kappa shape index (κ1) is 24.0. The molecular weight excluding hydrogens is 484 g/mol. The van der Waals surface area contributed by atoms with Crippen molar-refractivity contribution in [2.45, 2.75) is 113 Å². The number of ether oxygens (including phenoxy) is 1. The number of fused-ring (bicyclic) bond motifs is 6. The second kappa shape index (κ2) is 8.23. The summed E-state index contributed by atoms with van der Waals surface area (Å²) in [5.41, 5.74) is 11.5. The highest BCUT2D eigenvalue weighted by Crippen LogP contribution is 2.63. The van der Waals surface area contributed by atoms with E-state index in [2.05, 4.69) is 10.1 Å². The van der Waals surface area contributed by atoms with Gasteiger partial charge in [-0.1, -0.05) is 5.16 Å². The maximum atomic E-state index is 12.1. The first-order valence-corrected chi connectivity index (χ1v) is 14.2. The Morgan fingerprint density at radius 3 is 2.11 bits per heavy atom. The van der Waals surface area contributed by atoms with E-state index in [4.69, 9.17) is 30.7 Å². The van der Waals surface area contributed by atoms with Gasteiger partial charge in [0, 0.05) is 33.8 Å². The Labute approximate surface area is 221 Å². The monoisotopic (exact) mass is 520 g/mol. The third kappa shape index (κ3) is 3.58. The molecule has 0 saturated heterocycles. The van der Waals surface area contributed by atoms with Gasteiger partial charge in [0.05, 0.1) is 5.69 Å². The molecule has 0 aliphatic heterocycles. The number of hydrogen-bond donors (Lipinski definition) is 2. The van der Waals surface area contributed by atoms with Crippen LogP contribution in [0.2, 0.25) is 0 Å². The van der Waals surface area contributed by atoms with Gasteiger partial charge in [0.2, 0.25) is 11.8 Å². The number of aromatic nitrogens is 4. The molecular formula is C28H36N6O4. The van der Waals surface area contributed by atoms with Gasteiger partial charge >= 0.3 is 6.09 Å². The summed E-state index contributed by atoms with van der Waals surface area (Å²) in [5, 5.41) is 4.27. The van der Waals surface area contributed by atoms with E-state index in [0.717, 1.165) is 107 Å². The molecule has 0 aromatic carbocycles. The number of hydrogen-bond acceptors (Lipinski definition) is 8. The Balaban J connectivity index is 1.15. The van der Waals surface area contributed by atoms with Gasteiger partial charge in [-0.05, 0) is 96.0 Å². The number of carbonyl (C=O) groups is 2. The molecule has 1 atom stereocenters. The fourth-order valence-electron chi connectivity index (χ4n) is 8.19. The van der Waals surface area contributed by atoms with Gasteiger partial charge in [-0.3, -0.25) is 4.79 Å². The predicted molar refractivity (Wildman–Crippen MR) is 135 cm³/mol. The fourth-order valence-corrected chi connectivity index (χ4v) is 8.19. The molecule has 38 heavy (non-hydrogen) atoms.